The fraction of sp³-hybridized carbons (Fsp3) is 0.278. The molecule has 0 saturated carbocycles. The second-order valence-corrected chi connectivity index (χ2v) is 6.03. The number of carbonyl (C=O) groups excluding carboxylic acids is 1. The van der Waals surface area contributed by atoms with Crippen LogP contribution in [-0.2, 0) is 6.42 Å². The van der Waals surface area contributed by atoms with Gasteiger partial charge < -0.3 is 0 Å². The van der Waals surface area contributed by atoms with E-state index in [4.69, 9.17) is 0 Å². The molecule has 0 bridgehead atoms. The molecule has 2 aromatic rings. The highest BCUT2D eigenvalue weighted by molar-refractivity contribution is 7.98. The molecule has 0 N–H and O–H groups in total. The quantitative estimate of drug-likeness (QED) is 0.595. The van der Waals surface area contributed by atoms with Crippen LogP contribution >= 0.6 is 11.8 Å². The smallest absolute Gasteiger partial charge is 0.168 e. The van der Waals surface area contributed by atoms with Crippen molar-refractivity contribution in [2.24, 2.45) is 0 Å². The van der Waals surface area contributed by atoms with Gasteiger partial charge in [0.2, 0.25) is 0 Å². The van der Waals surface area contributed by atoms with Crippen LogP contribution in [0.5, 0.6) is 0 Å². The van der Waals surface area contributed by atoms with Gasteiger partial charge in [-0.2, -0.15) is 0 Å². The Labute approximate surface area is 125 Å². The molecule has 2 rings (SSSR count). The van der Waals surface area contributed by atoms with Crippen LogP contribution in [0, 0.1) is 20.8 Å². The molecule has 0 aliphatic rings. The number of hydrogen-bond acceptors (Lipinski definition) is 2. The molecule has 20 heavy (non-hydrogen) atoms. The van der Waals surface area contributed by atoms with Crippen molar-refractivity contribution < 1.29 is 4.79 Å². The highest BCUT2D eigenvalue weighted by Crippen LogP contribution is 2.23. The Morgan fingerprint density at radius 1 is 1.05 bits per heavy atom. The molecule has 0 amide bonds. The van der Waals surface area contributed by atoms with E-state index in [1.807, 2.05) is 30.5 Å². The summed E-state index contributed by atoms with van der Waals surface area (Å²) in [5.74, 6) is 0.199. The third kappa shape index (κ3) is 3.13. The van der Waals surface area contributed by atoms with Crippen LogP contribution < -0.4 is 0 Å². The van der Waals surface area contributed by atoms with Crippen molar-refractivity contribution in [3.63, 3.8) is 0 Å². The molecule has 0 saturated heterocycles. The molecule has 104 valence electrons. The average Bonchev–Trinajstić information content (AvgIpc) is 2.42. The fourth-order valence-electron chi connectivity index (χ4n) is 2.62. The Morgan fingerprint density at radius 3 is 2.25 bits per heavy atom. The summed E-state index contributed by atoms with van der Waals surface area (Å²) in [4.78, 5) is 13.6. The van der Waals surface area contributed by atoms with Crippen LogP contribution in [0.1, 0.15) is 32.6 Å². The number of thioether (sulfide) groups is 1. The Kier molecular flexibility index (Phi) is 4.66. The summed E-state index contributed by atoms with van der Waals surface area (Å²) in [6, 6.07) is 12.1. The van der Waals surface area contributed by atoms with Crippen molar-refractivity contribution >= 4 is 17.5 Å². The summed E-state index contributed by atoms with van der Waals surface area (Å²) in [7, 11) is 0. The third-order valence-corrected chi connectivity index (χ3v) is 4.38. The van der Waals surface area contributed by atoms with Gasteiger partial charge >= 0.3 is 0 Å². The molecule has 0 aliphatic carbocycles. The van der Waals surface area contributed by atoms with Gasteiger partial charge in [0.05, 0.1) is 0 Å². The molecule has 0 radical (unpaired) electrons. The maximum atomic E-state index is 12.6. The molecule has 0 atom stereocenters. The summed E-state index contributed by atoms with van der Waals surface area (Å²) in [5, 5.41) is 0. The summed E-state index contributed by atoms with van der Waals surface area (Å²) in [6.45, 7) is 6.26. The van der Waals surface area contributed by atoms with Crippen LogP contribution in [0.2, 0.25) is 0 Å². The normalized spacial score (nSPS) is 10.6. The van der Waals surface area contributed by atoms with Gasteiger partial charge in [0, 0.05) is 16.9 Å². The second-order valence-electron chi connectivity index (χ2n) is 5.18. The summed E-state index contributed by atoms with van der Waals surface area (Å²) in [5.41, 5.74) is 5.66. The largest absolute Gasteiger partial charge is 0.294 e. The van der Waals surface area contributed by atoms with Gasteiger partial charge in [-0.3, -0.25) is 4.79 Å². The minimum Gasteiger partial charge on any atom is -0.294 e. The lowest BCUT2D eigenvalue weighted by molar-refractivity contribution is 0.0990. The van der Waals surface area contributed by atoms with Crippen LogP contribution in [0.15, 0.2) is 41.3 Å². The van der Waals surface area contributed by atoms with Crippen LogP contribution in [0.4, 0.5) is 0 Å². The molecule has 2 heteroatoms. The number of ketones is 1. The second kappa shape index (κ2) is 6.27. The SMILES string of the molecule is CSc1ccccc1C(=O)Cc1c(C)cc(C)cc1C. The molecule has 0 aromatic heterocycles. The van der Waals surface area contributed by atoms with Gasteiger partial charge in [0.25, 0.3) is 0 Å². The highest BCUT2D eigenvalue weighted by atomic mass is 32.2. The summed E-state index contributed by atoms with van der Waals surface area (Å²) >= 11 is 1.62. The Bertz CT molecular complexity index is 621. The lowest BCUT2D eigenvalue weighted by Gasteiger charge is -2.12. The highest BCUT2D eigenvalue weighted by Gasteiger charge is 2.14. The minimum atomic E-state index is 0.199. The van der Waals surface area contributed by atoms with E-state index in [0.717, 1.165) is 16.0 Å². The van der Waals surface area contributed by atoms with Crippen LogP contribution in [0.25, 0.3) is 0 Å². The predicted molar refractivity (Wildman–Crippen MR) is 86.9 cm³/mol. The number of carbonyl (C=O) groups is 1. The van der Waals surface area contributed by atoms with E-state index >= 15 is 0 Å². The van der Waals surface area contributed by atoms with E-state index in [1.165, 1.54) is 16.7 Å². The zero-order valence-electron chi connectivity index (χ0n) is 12.5. The monoisotopic (exact) mass is 284 g/mol. The third-order valence-electron chi connectivity index (χ3n) is 3.59. The van der Waals surface area contributed by atoms with E-state index in [9.17, 15) is 4.79 Å². The maximum Gasteiger partial charge on any atom is 0.168 e. The van der Waals surface area contributed by atoms with Crippen LogP contribution in [-0.4, -0.2) is 12.0 Å². The van der Waals surface area contributed by atoms with Gasteiger partial charge in [0.15, 0.2) is 5.78 Å². The van der Waals surface area contributed by atoms with Crippen molar-refractivity contribution in [1.82, 2.24) is 0 Å². The van der Waals surface area contributed by atoms with Crippen molar-refractivity contribution in [1.29, 1.82) is 0 Å². The molecular weight excluding hydrogens is 264 g/mol. The van der Waals surface area contributed by atoms with Gasteiger partial charge in [-0.05, 0) is 49.8 Å². The lowest BCUT2D eigenvalue weighted by Crippen LogP contribution is -2.08. The maximum absolute atomic E-state index is 12.6. The zero-order valence-corrected chi connectivity index (χ0v) is 13.3. The molecule has 0 aliphatic heterocycles. The molecule has 0 heterocycles. The topological polar surface area (TPSA) is 17.1 Å². The van der Waals surface area contributed by atoms with Crippen LogP contribution in [0.3, 0.4) is 0 Å². The minimum absolute atomic E-state index is 0.199. The first kappa shape index (κ1) is 14.9. The van der Waals surface area contributed by atoms with Crippen molar-refractivity contribution in [2.75, 3.05) is 6.26 Å². The van der Waals surface area contributed by atoms with E-state index in [1.54, 1.807) is 11.8 Å². The number of aryl methyl sites for hydroxylation is 3. The Morgan fingerprint density at radius 2 is 1.65 bits per heavy atom. The zero-order chi connectivity index (χ0) is 14.7. The van der Waals surface area contributed by atoms with E-state index < -0.39 is 0 Å². The van der Waals surface area contributed by atoms with Crippen molar-refractivity contribution in [3.05, 3.63) is 64.2 Å². The Balaban J connectivity index is 2.33. The average molecular weight is 284 g/mol. The predicted octanol–water partition coefficient (Wildman–Crippen LogP) is 4.76. The van der Waals surface area contributed by atoms with Crippen molar-refractivity contribution in [2.45, 2.75) is 32.1 Å². The fourth-order valence-corrected chi connectivity index (χ4v) is 3.24. The van der Waals surface area contributed by atoms with Gasteiger partial charge in [-0.25, -0.2) is 0 Å². The lowest BCUT2D eigenvalue weighted by atomic mass is 9.94. The van der Waals surface area contributed by atoms with Gasteiger partial charge in [-0.15, -0.1) is 11.8 Å². The molecule has 2 aromatic carbocycles. The molecule has 0 unspecified atom stereocenters. The standard InChI is InChI=1S/C18H20OS/c1-12-9-13(2)16(14(3)10-12)11-17(19)15-7-5-6-8-18(15)20-4/h5-10H,11H2,1-4H3. The molecule has 1 nitrogen and oxygen atoms in total. The first-order valence-electron chi connectivity index (χ1n) is 6.76. The van der Waals surface area contributed by atoms with E-state index in [2.05, 4.69) is 32.9 Å². The van der Waals surface area contributed by atoms with Crippen molar-refractivity contribution in [3.8, 4) is 0 Å². The van der Waals surface area contributed by atoms with Gasteiger partial charge in [-0.1, -0.05) is 35.9 Å². The number of rotatable bonds is 4. The van der Waals surface area contributed by atoms with E-state index in [0.29, 0.717) is 6.42 Å². The number of hydrogen-bond donors (Lipinski definition) is 0. The first-order chi connectivity index (χ1) is 9.52. The first-order valence-corrected chi connectivity index (χ1v) is 7.98. The number of Topliss-reactive ketones (excluding diaryl/α,β-unsaturated/α-hetero) is 1. The Hall–Kier alpha value is -1.54. The number of benzene rings is 2. The molecule has 0 fully saturated rings. The van der Waals surface area contributed by atoms with Gasteiger partial charge in [0.1, 0.15) is 0 Å². The summed E-state index contributed by atoms with van der Waals surface area (Å²) in [6.07, 6.45) is 2.49. The summed E-state index contributed by atoms with van der Waals surface area (Å²) < 4.78 is 0. The van der Waals surface area contributed by atoms with E-state index in [-0.39, 0.29) is 5.78 Å². The molecule has 0 spiro atoms. The molecular formula is C18H20OS.